The maximum atomic E-state index is 12.9. The highest BCUT2D eigenvalue weighted by Crippen LogP contribution is 2.27. The lowest BCUT2D eigenvalue weighted by atomic mass is 9.98. The first kappa shape index (κ1) is 19.6. The number of ether oxygens (including phenoxy) is 1. The van der Waals surface area contributed by atoms with Crippen molar-refractivity contribution in [3.63, 3.8) is 0 Å². The lowest BCUT2D eigenvalue weighted by Crippen LogP contribution is -2.14. The second-order valence-electron chi connectivity index (χ2n) is 6.28. The molecular formula is C23H20ClNO3. The molecule has 5 heteroatoms. The van der Waals surface area contributed by atoms with Crippen molar-refractivity contribution in [1.82, 2.24) is 0 Å². The van der Waals surface area contributed by atoms with E-state index in [9.17, 15) is 9.59 Å². The Bertz CT molecular complexity index is 1010. The molecule has 0 aliphatic carbocycles. The summed E-state index contributed by atoms with van der Waals surface area (Å²) < 4.78 is 4.96. The SMILES string of the molecule is CCOC(=O)c1ccc(NC(=O)c2ccccc2-c2ccc(C)cc2)c(Cl)c1. The second-order valence-corrected chi connectivity index (χ2v) is 6.69. The van der Waals surface area contributed by atoms with E-state index in [0.29, 0.717) is 16.8 Å². The summed E-state index contributed by atoms with van der Waals surface area (Å²) in [4.78, 5) is 24.7. The van der Waals surface area contributed by atoms with Gasteiger partial charge in [-0.2, -0.15) is 0 Å². The monoisotopic (exact) mass is 393 g/mol. The lowest BCUT2D eigenvalue weighted by Gasteiger charge is -2.12. The molecule has 0 radical (unpaired) electrons. The van der Waals surface area contributed by atoms with E-state index in [4.69, 9.17) is 16.3 Å². The van der Waals surface area contributed by atoms with E-state index in [1.165, 1.54) is 6.07 Å². The number of esters is 1. The van der Waals surface area contributed by atoms with Crippen LogP contribution in [0, 0.1) is 6.92 Å². The van der Waals surface area contributed by atoms with Gasteiger partial charge in [-0.1, -0.05) is 59.6 Å². The van der Waals surface area contributed by atoms with Crippen LogP contribution in [0.2, 0.25) is 5.02 Å². The van der Waals surface area contributed by atoms with E-state index in [1.807, 2.05) is 49.4 Å². The van der Waals surface area contributed by atoms with E-state index in [0.717, 1.165) is 16.7 Å². The number of aryl methyl sites for hydroxylation is 1. The molecule has 1 amide bonds. The van der Waals surface area contributed by atoms with Gasteiger partial charge in [0.05, 0.1) is 22.9 Å². The molecule has 0 heterocycles. The van der Waals surface area contributed by atoms with Crippen LogP contribution in [0.4, 0.5) is 5.69 Å². The zero-order valence-electron chi connectivity index (χ0n) is 15.7. The average Bonchev–Trinajstić information content (AvgIpc) is 2.70. The van der Waals surface area contributed by atoms with Crippen molar-refractivity contribution in [3.05, 3.63) is 88.4 Å². The van der Waals surface area contributed by atoms with Crippen molar-refractivity contribution in [2.75, 3.05) is 11.9 Å². The number of benzene rings is 3. The number of hydrogen-bond donors (Lipinski definition) is 1. The fourth-order valence-corrected chi connectivity index (χ4v) is 3.04. The van der Waals surface area contributed by atoms with Crippen molar-refractivity contribution < 1.29 is 14.3 Å². The first-order valence-electron chi connectivity index (χ1n) is 8.93. The van der Waals surface area contributed by atoms with E-state index < -0.39 is 5.97 Å². The molecule has 3 aromatic rings. The van der Waals surface area contributed by atoms with Crippen molar-refractivity contribution in [2.45, 2.75) is 13.8 Å². The number of halogens is 1. The molecule has 142 valence electrons. The maximum Gasteiger partial charge on any atom is 0.338 e. The van der Waals surface area contributed by atoms with E-state index in [2.05, 4.69) is 5.32 Å². The van der Waals surface area contributed by atoms with E-state index >= 15 is 0 Å². The minimum absolute atomic E-state index is 0.270. The molecule has 0 bridgehead atoms. The summed E-state index contributed by atoms with van der Waals surface area (Å²) in [6, 6.07) is 20.0. The van der Waals surface area contributed by atoms with Crippen LogP contribution in [0.15, 0.2) is 66.7 Å². The predicted molar refractivity (Wildman–Crippen MR) is 112 cm³/mol. The molecule has 0 saturated carbocycles. The highest BCUT2D eigenvalue weighted by molar-refractivity contribution is 6.34. The first-order chi connectivity index (χ1) is 13.5. The summed E-state index contributed by atoms with van der Waals surface area (Å²) in [5.74, 6) is -0.728. The number of nitrogens with one attached hydrogen (secondary N) is 1. The summed E-state index contributed by atoms with van der Waals surface area (Å²) in [7, 11) is 0. The molecule has 3 rings (SSSR count). The topological polar surface area (TPSA) is 55.4 Å². The Hall–Kier alpha value is -3.11. The molecule has 28 heavy (non-hydrogen) atoms. The van der Waals surface area contributed by atoms with Crippen LogP contribution in [0.5, 0.6) is 0 Å². The van der Waals surface area contributed by atoms with Crippen LogP contribution in [0.3, 0.4) is 0 Å². The zero-order valence-corrected chi connectivity index (χ0v) is 16.4. The maximum absolute atomic E-state index is 12.9. The average molecular weight is 394 g/mol. The van der Waals surface area contributed by atoms with Crippen LogP contribution < -0.4 is 5.32 Å². The fraction of sp³-hybridized carbons (Fsp3) is 0.130. The molecular weight excluding hydrogens is 374 g/mol. The van der Waals surface area contributed by atoms with Gasteiger partial charge in [-0.25, -0.2) is 4.79 Å². The van der Waals surface area contributed by atoms with Crippen LogP contribution in [-0.2, 0) is 4.74 Å². The highest BCUT2D eigenvalue weighted by atomic mass is 35.5. The van der Waals surface area contributed by atoms with Gasteiger partial charge in [0.1, 0.15) is 0 Å². The van der Waals surface area contributed by atoms with Crippen molar-refractivity contribution in [2.24, 2.45) is 0 Å². The van der Waals surface area contributed by atoms with Crippen molar-refractivity contribution in [3.8, 4) is 11.1 Å². The Morgan fingerprint density at radius 2 is 1.71 bits per heavy atom. The summed E-state index contributed by atoms with van der Waals surface area (Å²) in [5.41, 5.74) is 4.25. The van der Waals surface area contributed by atoms with Gasteiger partial charge in [-0.3, -0.25) is 4.79 Å². The van der Waals surface area contributed by atoms with Gasteiger partial charge in [-0.15, -0.1) is 0 Å². The Labute approximate surface area is 169 Å². The minimum atomic E-state index is -0.452. The molecule has 3 aromatic carbocycles. The van der Waals surface area contributed by atoms with E-state index in [-0.39, 0.29) is 17.5 Å². The molecule has 0 unspecified atom stereocenters. The predicted octanol–water partition coefficient (Wildman–Crippen LogP) is 5.74. The van der Waals surface area contributed by atoms with Gasteiger partial charge in [-0.05, 0) is 49.2 Å². The van der Waals surface area contributed by atoms with Gasteiger partial charge in [0.2, 0.25) is 0 Å². The third-order valence-electron chi connectivity index (χ3n) is 4.26. The van der Waals surface area contributed by atoms with Gasteiger partial charge in [0, 0.05) is 5.56 Å². The largest absolute Gasteiger partial charge is 0.462 e. The molecule has 0 aliphatic rings. The van der Waals surface area contributed by atoms with Gasteiger partial charge >= 0.3 is 5.97 Å². The summed E-state index contributed by atoms with van der Waals surface area (Å²) >= 11 is 6.26. The molecule has 1 N–H and O–H groups in total. The molecule has 0 spiro atoms. The second kappa shape index (κ2) is 8.72. The Kier molecular flexibility index (Phi) is 6.12. The van der Waals surface area contributed by atoms with E-state index in [1.54, 1.807) is 25.1 Å². The van der Waals surface area contributed by atoms with Gasteiger partial charge < -0.3 is 10.1 Å². The number of rotatable bonds is 5. The number of hydrogen-bond acceptors (Lipinski definition) is 3. The van der Waals surface area contributed by atoms with Crippen molar-refractivity contribution >= 4 is 29.2 Å². The number of anilines is 1. The lowest BCUT2D eigenvalue weighted by molar-refractivity contribution is 0.0526. The zero-order chi connectivity index (χ0) is 20.1. The molecule has 0 saturated heterocycles. The molecule has 0 atom stereocenters. The van der Waals surface area contributed by atoms with Crippen LogP contribution in [0.1, 0.15) is 33.2 Å². The van der Waals surface area contributed by atoms with Crippen molar-refractivity contribution in [1.29, 1.82) is 0 Å². The number of carbonyl (C=O) groups is 2. The molecule has 4 nitrogen and oxygen atoms in total. The summed E-state index contributed by atoms with van der Waals surface area (Å²) in [6.07, 6.45) is 0. The third kappa shape index (κ3) is 4.41. The van der Waals surface area contributed by atoms with Crippen LogP contribution >= 0.6 is 11.6 Å². The molecule has 0 aromatic heterocycles. The van der Waals surface area contributed by atoms with Gasteiger partial charge in [0.15, 0.2) is 0 Å². The van der Waals surface area contributed by atoms with Crippen LogP contribution in [0.25, 0.3) is 11.1 Å². The Balaban J connectivity index is 1.86. The van der Waals surface area contributed by atoms with Gasteiger partial charge in [0.25, 0.3) is 5.91 Å². The fourth-order valence-electron chi connectivity index (χ4n) is 2.81. The smallest absolute Gasteiger partial charge is 0.338 e. The number of carbonyl (C=O) groups excluding carboxylic acids is 2. The number of amides is 1. The Morgan fingerprint density at radius 3 is 2.39 bits per heavy atom. The quantitative estimate of drug-likeness (QED) is 0.562. The molecule has 0 aliphatic heterocycles. The summed E-state index contributed by atoms with van der Waals surface area (Å²) in [5, 5.41) is 3.09. The first-order valence-corrected chi connectivity index (χ1v) is 9.31. The third-order valence-corrected chi connectivity index (χ3v) is 4.58. The normalized spacial score (nSPS) is 10.4. The molecule has 0 fully saturated rings. The summed E-state index contributed by atoms with van der Waals surface area (Å²) in [6.45, 7) is 4.04. The standard InChI is InChI=1S/C23H20ClNO3/c1-3-28-23(27)17-12-13-21(20(24)14-17)25-22(26)19-7-5-4-6-18(19)16-10-8-15(2)9-11-16/h4-14H,3H2,1-2H3,(H,25,26). The minimum Gasteiger partial charge on any atom is -0.462 e. The van der Waals surface area contributed by atoms with Crippen LogP contribution in [-0.4, -0.2) is 18.5 Å². The Morgan fingerprint density at radius 1 is 1.00 bits per heavy atom. The highest BCUT2D eigenvalue weighted by Gasteiger charge is 2.15.